The Bertz CT molecular complexity index is 217. The van der Waals surface area contributed by atoms with E-state index in [-0.39, 0.29) is 11.9 Å². The van der Waals surface area contributed by atoms with E-state index in [9.17, 15) is 9.90 Å². The Morgan fingerprint density at radius 3 is 2.77 bits per heavy atom. The van der Waals surface area contributed by atoms with Crippen LogP contribution in [0, 0.1) is 0 Å². The summed E-state index contributed by atoms with van der Waals surface area (Å²) in [6.45, 7) is 7.67. The molecule has 0 aromatic rings. The average molecular weight is 183 g/mol. The maximum atomic E-state index is 11.4. The van der Waals surface area contributed by atoms with Gasteiger partial charge in [-0.1, -0.05) is 6.58 Å². The molecule has 1 rings (SSSR count). The van der Waals surface area contributed by atoms with Crippen LogP contribution in [0.4, 0.5) is 0 Å². The molecule has 1 aliphatic rings. The summed E-state index contributed by atoms with van der Waals surface area (Å²) in [5.41, 5.74) is -0.810. The Morgan fingerprint density at radius 2 is 2.31 bits per heavy atom. The lowest BCUT2D eigenvalue weighted by Gasteiger charge is -2.33. The first kappa shape index (κ1) is 10.3. The first-order valence-electron chi connectivity index (χ1n) is 4.62. The van der Waals surface area contributed by atoms with Gasteiger partial charge in [-0.25, -0.2) is 0 Å². The highest BCUT2D eigenvalue weighted by molar-refractivity contribution is 5.87. The van der Waals surface area contributed by atoms with Crippen LogP contribution in [-0.4, -0.2) is 34.1 Å². The standard InChI is InChI=1S/C10H17NO2/c1-4-9(12)11-7-5-6-8(11)10(2,3)13/h4,8,13H,1,5-7H2,2-3H3/t8-/m0/s1. The van der Waals surface area contributed by atoms with Crippen molar-refractivity contribution in [2.75, 3.05) is 6.54 Å². The third-order valence-electron chi connectivity index (χ3n) is 2.53. The number of amides is 1. The van der Waals surface area contributed by atoms with Crippen LogP contribution in [0.5, 0.6) is 0 Å². The summed E-state index contributed by atoms with van der Waals surface area (Å²) >= 11 is 0. The molecule has 1 heterocycles. The van der Waals surface area contributed by atoms with Crippen LogP contribution in [0.3, 0.4) is 0 Å². The van der Waals surface area contributed by atoms with Gasteiger partial charge in [0, 0.05) is 6.54 Å². The second kappa shape index (κ2) is 3.50. The van der Waals surface area contributed by atoms with Gasteiger partial charge in [0.05, 0.1) is 11.6 Å². The lowest BCUT2D eigenvalue weighted by atomic mass is 9.97. The van der Waals surface area contributed by atoms with Gasteiger partial charge in [0.25, 0.3) is 0 Å². The van der Waals surface area contributed by atoms with Crippen molar-refractivity contribution in [3.63, 3.8) is 0 Å². The fraction of sp³-hybridized carbons (Fsp3) is 0.700. The summed E-state index contributed by atoms with van der Waals surface area (Å²) in [6, 6.07) is -0.0574. The summed E-state index contributed by atoms with van der Waals surface area (Å²) in [7, 11) is 0. The predicted molar refractivity (Wildman–Crippen MR) is 51.2 cm³/mol. The zero-order valence-corrected chi connectivity index (χ0v) is 8.29. The molecule has 1 N–H and O–H groups in total. The maximum Gasteiger partial charge on any atom is 0.246 e. The van der Waals surface area contributed by atoms with Gasteiger partial charge >= 0.3 is 0 Å². The molecule has 3 heteroatoms. The van der Waals surface area contributed by atoms with Crippen molar-refractivity contribution in [3.05, 3.63) is 12.7 Å². The maximum absolute atomic E-state index is 11.4. The molecular weight excluding hydrogens is 166 g/mol. The van der Waals surface area contributed by atoms with E-state index in [1.807, 2.05) is 0 Å². The Labute approximate surface area is 79.0 Å². The number of rotatable bonds is 2. The fourth-order valence-electron chi connectivity index (χ4n) is 1.88. The molecule has 1 aliphatic heterocycles. The lowest BCUT2D eigenvalue weighted by Crippen LogP contribution is -2.47. The van der Waals surface area contributed by atoms with Crippen LogP contribution in [0.25, 0.3) is 0 Å². The molecule has 0 unspecified atom stereocenters. The Kier molecular flexibility index (Phi) is 2.76. The summed E-state index contributed by atoms with van der Waals surface area (Å²) in [4.78, 5) is 13.1. The molecule has 0 bridgehead atoms. The summed E-state index contributed by atoms with van der Waals surface area (Å²) in [5.74, 6) is -0.0791. The second-order valence-corrected chi connectivity index (χ2v) is 4.05. The van der Waals surface area contributed by atoms with Crippen molar-refractivity contribution in [2.45, 2.75) is 38.3 Å². The molecule has 0 spiro atoms. The molecule has 13 heavy (non-hydrogen) atoms. The molecule has 74 valence electrons. The highest BCUT2D eigenvalue weighted by Crippen LogP contribution is 2.26. The van der Waals surface area contributed by atoms with Gasteiger partial charge in [0.15, 0.2) is 0 Å². The van der Waals surface area contributed by atoms with E-state index in [4.69, 9.17) is 0 Å². The Hall–Kier alpha value is -0.830. The highest BCUT2D eigenvalue weighted by atomic mass is 16.3. The van der Waals surface area contributed by atoms with Crippen molar-refractivity contribution in [2.24, 2.45) is 0 Å². The topological polar surface area (TPSA) is 40.5 Å². The van der Waals surface area contributed by atoms with Crippen LogP contribution < -0.4 is 0 Å². The minimum absolute atomic E-state index is 0.0574. The van der Waals surface area contributed by atoms with Crippen molar-refractivity contribution in [3.8, 4) is 0 Å². The quantitative estimate of drug-likeness (QED) is 0.647. The first-order valence-corrected chi connectivity index (χ1v) is 4.62. The molecule has 3 nitrogen and oxygen atoms in total. The minimum Gasteiger partial charge on any atom is -0.388 e. The molecule has 1 saturated heterocycles. The average Bonchev–Trinajstić information content (AvgIpc) is 2.49. The summed E-state index contributed by atoms with van der Waals surface area (Å²) in [5, 5.41) is 9.80. The number of likely N-dealkylation sites (tertiary alicyclic amines) is 1. The van der Waals surface area contributed by atoms with Crippen LogP contribution >= 0.6 is 0 Å². The van der Waals surface area contributed by atoms with Crippen LogP contribution in [0.1, 0.15) is 26.7 Å². The molecule has 0 aromatic carbocycles. The van der Waals surface area contributed by atoms with Gasteiger partial charge in [-0.05, 0) is 32.8 Å². The first-order chi connectivity index (χ1) is 5.96. The Balaban J connectivity index is 2.75. The van der Waals surface area contributed by atoms with Crippen molar-refractivity contribution in [1.82, 2.24) is 4.90 Å². The third-order valence-corrected chi connectivity index (χ3v) is 2.53. The number of aliphatic hydroxyl groups is 1. The minimum atomic E-state index is -0.810. The molecule has 1 amide bonds. The fourth-order valence-corrected chi connectivity index (χ4v) is 1.88. The molecule has 0 aliphatic carbocycles. The number of carbonyl (C=O) groups is 1. The molecule has 0 aromatic heterocycles. The van der Waals surface area contributed by atoms with Crippen LogP contribution in [0.15, 0.2) is 12.7 Å². The zero-order valence-electron chi connectivity index (χ0n) is 8.29. The molecule has 1 atom stereocenters. The van der Waals surface area contributed by atoms with Crippen molar-refractivity contribution in [1.29, 1.82) is 0 Å². The number of hydrogen-bond acceptors (Lipinski definition) is 2. The van der Waals surface area contributed by atoms with Crippen molar-refractivity contribution < 1.29 is 9.90 Å². The van der Waals surface area contributed by atoms with Gasteiger partial charge in [0.1, 0.15) is 0 Å². The SMILES string of the molecule is C=CC(=O)N1CCC[C@H]1C(C)(C)O. The lowest BCUT2D eigenvalue weighted by molar-refractivity contribution is -0.131. The van der Waals surface area contributed by atoms with Gasteiger partial charge in [-0.2, -0.15) is 0 Å². The second-order valence-electron chi connectivity index (χ2n) is 4.05. The van der Waals surface area contributed by atoms with E-state index in [1.54, 1.807) is 18.7 Å². The number of hydrogen-bond donors (Lipinski definition) is 1. The van der Waals surface area contributed by atoms with E-state index >= 15 is 0 Å². The van der Waals surface area contributed by atoms with E-state index in [0.29, 0.717) is 0 Å². The van der Waals surface area contributed by atoms with Crippen molar-refractivity contribution >= 4 is 5.91 Å². The predicted octanol–water partition coefficient (Wildman–Crippen LogP) is 0.934. The monoisotopic (exact) mass is 183 g/mol. The van der Waals surface area contributed by atoms with E-state index in [2.05, 4.69) is 6.58 Å². The summed E-state index contributed by atoms with van der Waals surface area (Å²) < 4.78 is 0. The largest absolute Gasteiger partial charge is 0.388 e. The summed E-state index contributed by atoms with van der Waals surface area (Å²) in [6.07, 6.45) is 3.15. The molecule has 1 fully saturated rings. The zero-order chi connectivity index (χ0) is 10.1. The van der Waals surface area contributed by atoms with Gasteiger partial charge in [-0.15, -0.1) is 0 Å². The van der Waals surface area contributed by atoms with E-state index < -0.39 is 5.60 Å². The third kappa shape index (κ3) is 2.10. The molecule has 0 radical (unpaired) electrons. The smallest absolute Gasteiger partial charge is 0.246 e. The number of carbonyl (C=O) groups excluding carboxylic acids is 1. The Morgan fingerprint density at radius 1 is 1.69 bits per heavy atom. The van der Waals surface area contributed by atoms with Gasteiger partial charge in [0.2, 0.25) is 5.91 Å². The molecular formula is C10H17NO2. The highest BCUT2D eigenvalue weighted by Gasteiger charge is 2.37. The van der Waals surface area contributed by atoms with E-state index in [1.165, 1.54) is 6.08 Å². The van der Waals surface area contributed by atoms with Gasteiger partial charge in [-0.3, -0.25) is 4.79 Å². The van der Waals surface area contributed by atoms with Crippen LogP contribution in [-0.2, 0) is 4.79 Å². The number of nitrogens with zero attached hydrogens (tertiary/aromatic N) is 1. The van der Waals surface area contributed by atoms with E-state index in [0.717, 1.165) is 19.4 Å². The molecule has 0 saturated carbocycles. The van der Waals surface area contributed by atoms with Crippen LogP contribution in [0.2, 0.25) is 0 Å². The normalized spacial score (nSPS) is 23.3. The van der Waals surface area contributed by atoms with Gasteiger partial charge < -0.3 is 10.0 Å².